The maximum absolute atomic E-state index is 14.1. The molecular weight excluding hydrogens is 383 g/mol. The van der Waals surface area contributed by atoms with Gasteiger partial charge < -0.3 is 10.4 Å². The molecule has 0 atom stereocenters. The summed E-state index contributed by atoms with van der Waals surface area (Å²) in [5, 5.41) is 20.2. The van der Waals surface area contributed by atoms with E-state index in [1.54, 1.807) is 18.2 Å². The van der Waals surface area contributed by atoms with Crippen LogP contribution in [0.2, 0.25) is 5.02 Å². The lowest BCUT2D eigenvalue weighted by molar-refractivity contribution is 0.477. The second-order valence-corrected chi connectivity index (χ2v) is 6.35. The molecule has 9 heteroatoms. The van der Waals surface area contributed by atoms with Crippen LogP contribution in [0.5, 0.6) is 5.75 Å². The van der Waals surface area contributed by atoms with Crippen LogP contribution in [0.1, 0.15) is 11.3 Å². The standard InChI is InChI=1S/C19H14ClFN6O/c20-14-4-2-1-3-11(14)7-16-15(21)9-22-19(26-16)25-12-5-6-13(17(28)8-12)18-23-10-24-27-18/h1-6,8-10,28H,7H2,(H,22,25,26)(H,23,24,27). The van der Waals surface area contributed by atoms with E-state index in [1.807, 2.05) is 18.2 Å². The van der Waals surface area contributed by atoms with E-state index in [1.165, 1.54) is 12.4 Å². The number of aromatic amines is 1. The van der Waals surface area contributed by atoms with Crippen molar-refractivity contribution in [1.82, 2.24) is 25.1 Å². The molecule has 140 valence electrons. The van der Waals surface area contributed by atoms with Crippen LogP contribution in [0.4, 0.5) is 16.0 Å². The van der Waals surface area contributed by atoms with Gasteiger partial charge in [0.2, 0.25) is 5.95 Å². The fourth-order valence-corrected chi connectivity index (χ4v) is 2.89. The van der Waals surface area contributed by atoms with E-state index in [-0.39, 0.29) is 23.8 Å². The molecule has 2 heterocycles. The number of aromatic hydroxyl groups is 1. The highest BCUT2D eigenvalue weighted by atomic mass is 35.5. The van der Waals surface area contributed by atoms with Crippen molar-refractivity contribution < 1.29 is 9.50 Å². The summed E-state index contributed by atoms with van der Waals surface area (Å²) in [6.07, 6.45) is 2.69. The lowest BCUT2D eigenvalue weighted by atomic mass is 10.1. The molecule has 0 saturated heterocycles. The predicted octanol–water partition coefficient (Wildman–Crippen LogP) is 4.09. The Balaban J connectivity index is 1.57. The van der Waals surface area contributed by atoms with Gasteiger partial charge in [0.05, 0.1) is 17.5 Å². The number of hydrogen-bond acceptors (Lipinski definition) is 6. The third-order valence-corrected chi connectivity index (χ3v) is 4.43. The Kier molecular flexibility index (Phi) is 4.86. The Morgan fingerprint density at radius 2 is 2.00 bits per heavy atom. The second-order valence-electron chi connectivity index (χ2n) is 5.95. The van der Waals surface area contributed by atoms with Gasteiger partial charge in [-0.1, -0.05) is 29.8 Å². The van der Waals surface area contributed by atoms with Gasteiger partial charge in [-0.2, -0.15) is 5.10 Å². The SMILES string of the molecule is Oc1cc(Nc2ncc(F)c(Cc3ccccc3Cl)n2)ccc1-c1ncn[nH]1. The molecule has 3 N–H and O–H groups in total. The molecule has 0 unspecified atom stereocenters. The van der Waals surface area contributed by atoms with Crippen LogP contribution in [0.15, 0.2) is 55.0 Å². The highest BCUT2D eigenvalue weighted by molar-refractivity contribution is 6.31. The van der Waals surface area contributed by atoms with Crippen LogP contribution in [0.3, 0.4) is 0 Å². The average Bonchev–Trinajstić information content (AvgIpc) is 3.21. The van der Waals surface area contributed by atoms with Crippen LogP contribution >= 0.6 is 11.6 Å². The van der Waals surface area contributed by atoms with Gasteiger partial charge >= 0.3 is 0 Å². The van der Waals surface area contributed by atoms with Crippen molar-refractivity contribution in [3.8, 4) is 17.1 Å². The number of nitrogens with zero attached hydrogens (tertiary/aromatic N) is 4. The number of phenols is 1. The molecule has 2 aromatic carbocycles. The molecule has 28 heavy (non-hydrogen) atoms. The van der Waals surface area contributed by atoms with Gasteiger partial charge in [-0.05, 0) is 23.8 Å². The molecule has 2 aromatic heterocycles. The Hall–Kier alpha value is -3.52. The van der Waals surface area contributed by atoms with Gasteiger partial charge in [-0.25, -0.2) is 19.3 Å². The summed E-state index contributed by atoms with van der Waals surface area (Å²) in [5.41, 5.74) is 2.02. The first kappa shape index (κ1) is 17.9. The quantitative estimate of drug-likeness (QED) is 0.469. The number of rotatable bonds is 5. The zero-order chi connectivity index (χ0) is 19.5. The van der Waals surface area contributed by atoms with E-state index >= 15 is 0 Å². The summed E-state index contributed by atoms with van der Waals surface area (Å²) in [4.78, 5) is 12.2. The number of hydrogen-bond donors (Lipinski definition) is 3. The van der Waals surface area contributed by atoms with Crippen LogP contribution in [-0.2, 0) is 6.42 Å². The van der Waals surface area contributed by atoms with Crippen molar-refractivity contribution in [2.24, 2.45) is 0 Å². The number of halogens is 2. The summed E-state index contributed by atoms with van der Waals surface area (Å²) in [6, 6.07) is 12.1. The van der Waals surface area contributed by atoms with Crippen LogP contribution in [0.25, 0.3) is 11.4 Å². The highest BCUT2D eigenvalue weighted by Crippen LogP contribution is 2.30. The number of anilines is 2. The minimum Gasteiger partial charge on any atom is -0.507 e. The summed E-state index contributed by atoms with van der Waals surface area (Å²) < 4.78 is 14.1. The Bertz CT molecular complexity index is 1120. The zero-order valence-corrected chi connectivity index (χ0v) is 15.2. The number of H-pyrrole nitrogens is 1. The zero-order valence-electron chi connectivity index (χ0n) is 14.4. The molecule has 0 amide bonds. The number of benzene rings is 2. The molecular formula is C19H14ClFN6O. The minimum absolute atomic E-state index is 0.000141. The first-order valence-electron chi connectivity index (χ1n) is 8.31. The number of aromatic nitrogens is 5. The van der Waals surface area contributed by atoms with Crippen molar-refractivity contribution in [3.05, 3.63) is 77.1 Å². The van der Waals surface area contributed by atoms with E-state index in [2.05, 4.69) is 30.5 Å². The summed E-state index contributed by atoms with van der Waals surface area (Å²) in [7, 11) is 0. The highest BCUT2D eigenvalue weighted by Gasteiger charge is 2.12. The van der Waals surface area contributed by atoms with Crippen LogP contribution in [0, 0.1) is 5.82 Å². The first-order valence-corrected chi connectivity index (χ1v) is 8.68. The van der Waals surface area contributed by atoms with Gasteiger partial charge in [-0.15, -0.1) is 0 Å². The first-order chi connectivity index (χ1) is 13.6. The van der Waals surface area contributed by atoms with Gasteiger partial charge in [0.1, 0.15) is 12.1 Å². The normalized spacial score (nSPS) is 10.8. The molecule has 0 radical (unpaired) electrons. The van der Waals surface area contributed by atoms with E-state index in [0.29, 0.717) is 22.1 Å². The maximum Gasteiger partial charge on any atom is 0.227 e. The van der Waals surface area contributed by atoms with Crippen molar-refractivity contribution >= 4 is 23.2 Å². The molecule has 7 nitrogen and oxygen atoms in total. The molecule has 0 bridgehead atoms. The largest absolute Gasteiger partial charge is 0.507 e. The average molecular weight is 397 g/mol. The van der Waals surface area contributed by atoms with Crippen molar-refractivity contribution in [3.63, 3.8) is 0 Å². The molecule has 0 aliphatic carbocycles. The van der Waals surface area contributed by atoms with Gasteiger partial charge in [-0.3, -0.25) is 5.10 Å². The molecule has 0 aliphatic heterocycles. The molecule has 4 rings (SSSR count). The topological polar surface area (TPSA) is 99.6 Å². The smallest absolute Gasteiger partial charge is 0.227 e. The lowest BCUT2D eigenvalue weighted by Crippen LogP contribution is -2.04. The van der Waals surface area contributed by atoms with E-state index in [4.69, 9.17) is 11.6 Å². The van der Waals surface area contributed by atoms with E-state index in [0.717, 1.165) is 11.8 Å². The van der Waals surface area contributed by atoms with Crippen molar-refractivity contribution in [2.75, 3.05) is 5.32 Å². The van der Waals surface area contributed by atoms with Gasteiger partial charge in [0.25, 0.3) is 0 Å². The fourth-order valence-electron chi connectivity index (χ4n) is 2.68. The predicted molar refractivity (Wildman–Crippen MR) is 103 cm³/mol. The Morgan fingerprint density at radius 1 is 1.14 bits per heavy atom. The van der Waals surface area contributed by atoms with Crippen LogP contribution < -0.4 is 5.32 Å². The second kappa shape index (κ2) is 7.61. The van der Waals surface area contributed by atoms with Crippen molar-refractivity contribution in [1.29, 1.82) is 0 Å². The van der Waals surface area contributed by atoms with E-state index < -0.39 is 5.82 Å². The number of phenolic OH excluding ortho intramolecular Hbond substituents is 1. The summed E-state index contributed by atoms with van der Waals surface area (Å²) >= 11 is 6.15. The molecule has 0 spiro atoms. The third kappa shape index (κ3) is 3.77. The maximum atomic E-state index is 14.1. The van der Waals surface area contributed by atoms with Gasteiger partial charge in [0, 0.05) is 23.2 Å². The van der Waals surface area contributed by atoms with Gasteiger partial charge in [0.15, 0.2) is 11.6 Å². The number of nitrogens with one attached hydrogen (secondary N) is 2. The summed E-state index contributed by atoms with van der Waals surface area (Å²) in [5.74, 6) is 0.133. The monoisotopic (exact) mass is 396 g/mol. The van der Waals surface area contributed by atoms with E-state index in [9.17, 15) is 9.50 Å². The molecule has 4 aromatic rings. The minimum atomic E-state index is -0.519. The van der Waals surface area contributed by atoms with Crippen molar-refractivity contribution in [2.45, 2.75) is 6.42 Å². The molecule has 0 aliphatic rings. The Morgan fingerprint density at radius 3 is 2.75 bits per heavy atom. The third-order valence-electron chi connectivity index (χ3n) is 4.06. The molecule has 0 saturated carbocycles. The lowest BCUT2D eigenvalue weighted by Gasteiger charge is -2.10. The fraction of sp³-hybridized carbons (Fsp3) is 0.0526. The van der Waals surface area contributed by atoms with Crippen LogP contribution in [-0.4, -0.2) is 30.3 Å². The summed E-state index contributed by atoms with van der Waals surface area (Å²) in [6.45, 7) is 0. The molecule has 0 fully saturated rings. The Labute approximate surface area is 164 Å².